The van der Waals surface area contributed by atoms with Crippen molar-refractivity contribution in [3.05, 3.63) is 18.2 Å². The molecule has 1 heterocycles. The van der Waals surface area contributed by atoms with Crippen LogP contribution in [-0.2, 0) is 9.84 Å². The molecule has 0 saturated heterocycles. The summed E-state index contributed by atoms with van der Waals surface area (Å²) in [5.41, 5.74) is 5.87. The molecule has 18 heavy (non-hydrogen) atoms. The number of nitrogens with two attached hydrogens (primary N) is 1. The molecular formula is C9H7F3N2O3S. The lowest BCUT2D eigenvalue weighted by atomic mass is 10.3. The van der Waals surface area contributed by atoms with Crippen molar-refractivity contribution >= 4 is 26.6 Å². The number of hydrogen-bond donors (Lipinski definition) is 1. The van der Waals surface area contributed by atoms with Crippen molar-refractivity contribution in [2.75, 3.05) is 11.5 Å². The largest absolute Gasteiger partial charge is 0.428 e. The molecule has 2 rings (SSSR count). The van der Waals surface area contributed by atoms with Crippen LogP contribution in [0.1, 0.15) is 0 Å². The number of nitrogen functional groups attached to an aromatic ring is 1. The van der Waals surface area contributed by atoms with Gasteiger partial charge < -0.3 is 10.2 Å². The van der Waals surface area contributed by atoms with Crippen molar-refractivity contribution in [3.63, 3.8) is 0 Å². The normalized spacial score (nSPS) is 13.1. The van der Waals surface area contributed by atoms with Crippen LogP contribution in [0.25, 0.3) is 11.1 Å². The number of fused-ring (bicyclic) bond motifs is 1. The van der Waals surface area contributed by atoms with Crippen LogP contribution in [0.2, 0.25) is 0 Å². The minimum Gasteiger partial charge on any atom is -0.428 e. The Bertz CT molecular complexity index is 691. The van der Waals surface area contributed by atoms with E-state index in [1.807, 2.05) is 0 Å². The third-order valence-electron chi connectivity index (χ3n) is 2.01. The van der Waals surface area contributed by atoms with Gasteiger partial charge in [-0.3, -0.25) is 0 Å². The van der Waals surface area contributed by atoms with E-state index < -0.39 is 27.0 Å². The zero-order valence-corrected chi connectivity index (χ0v) is 9.55. The third-order valence-corrected chi connectivity index (χ3v) is 3.43. The van der Waals surface area contributed by atoms with Crippen LogP contribution in [0.3, 0.4) is 0 Å². The monoisotopic (exact) mass is 280 g/mol. The molecule has 2 N–H and O–H groups in total. The summed E-state index contributed by atoms with van der Waals surface area (Å²) in [6, 6.07) is 4.08. The average Bonchev–Trinajstić information content (AvgIpc) is 2.57. The molecule has 98 valence electrons. The maximum atomic E-state index is 12.1. The maximum Gasteiger partial charge on any atom is 0.403 e. The Labute approximate surface area is 99.3 Å². The molecule has 1 aromatic heterocycles. The van der Waals surface area contributed by atoms with E-state index in [4.69, 9.17) is 10.2 Å². The number of halogens is 3. The van der Waals surface area contributed by atoms with Crippen molar-refractivity contribution in [2.24, 2.45) is 0 Å². The molecule has 0 radical (unpaired) electrons. The van der Waals surface area contributed by atoms with E-state index in [2.05, 4.69) is 4.98 Å². The molecule has 0 amide bonds. The molecule has 0 atom stereocenters. The highest BCUT2D eigenvalue weighted by Gasteiger charge is 2.38. The minimum atomic E-state index is -4.85. The Kier molecular flexibility index (Phi) is 2.73. The number of oxazole rings is 1. The summed E-state index contributed by atoms with van der Waals surface area (Å²) in [5, 5.41) is -0.958. The lowest BCUT2D eigenvalue weighted by molar-refractivity contribution is -0.106. The van der Waals surface area contributed by atoms with Crippen molar-refractivity contribution < 1.29 is 26.0 Å². The van der Waals surface area contributed by atoms with Gasteiger partial charge in [-0.2, -0.15) is 18.2 Å². The zero-order valence-electron chi connectivity index (χ0n) is 8.73. The lowest BCUT2D eigenvalue weighted by Gasteiger charge is -2.03. The molecule has 0 saturated carbocycles. The first-order valence-corrected chi connectivity index (χ1v) is 6.28. The Balaban J connectivity index is 2.48. The van der Waals surface area contributed by atoms with Gasteiger partial charge in [-0.25, -0.2) is 8.42 Å². The number of alkyl halides is 3. The maximum absolute atomic E-state index is 12.1. The van der Waals surface area contributed by atoms with Crippen LogP contribution in [-0.4, -0.2) is 25.3 Å². The molecule has 2 aromatic rings. The van der Waals surface area contributed by atoms with E-state index in [0.29, 0.717) is 5.69 Å². The third kappa shape index (κ3) is 2.55. The molecule has 0 spiro atoms. The Hall–Kier alpha value is -1.77. The topological polar surface area (TPSA) is 86.2 Å². The Morgan fingerprint density at radius 3 is 2.61 bits per heavy atom. The Morgan fingerprint density at radius 2 is 2.00 bits per heavy atom. The molecule has 0 aliphatic heterocycles. The smallest absolute Gasteiger partial charge is 0.403 e. The van der Waals surface area contributed by atoms with Gasteiger partial charge in [-0.15, -0.1) is 0 Å². The number of rotatable bonds is 2. The van der Waals surface area contributed by atoms with Gasteiger partial charge in [-0.05, 0) is 12.1 Å². The minimum absolute atomic E-state index is 0.0238. The second-order valence-electron chi connectivity index (χ2n) is 3.58. The highest BCUT2D eigenvalue weighted by atomic mass is 32.2. The number of sulfone groups is 1. The van der Waals surface area contributed by atoms with Gasteiger partial charge >= 0.3 is 11.4 Å². The van der Waals surface area contributed by atoms with Crippen LogP contribution in [0.5, 0.6) is 0 Å². The standard InChI is InChI=1S/C9H7F3N2O3S/c10-9(11,12)4-18(15,16)8-14-6-2-1-5(13)3-7(6)17-8/h1-3H,4,13H2. The second kappa shape index (κ2) is 3.87. The number of hydrogen-bond acceptors (Lipinski definition) is 5. The fourth-order valence-corrected chi connectivity index (χ4v) is 2.34. The molecule has 1 aromatic carbocycles. The lowest BCUT2D eigenvalue weighted by Crippen LogP contribution is -2.23. The van der Waals surface area contributed by atoms with Gasteiger partial charge in [0.15, 0.2) is 11.3 Å². The molecule has 9 heteroatoms. The molecular weight excluding hydrogens is 273 g/mol. The first kappa shape index (κ1) is 12.7. The first-order valence-electron chi connectivity index (χ1n) is 4.63. The van der Waals surface area contributed by atoms with E-state index in [-0.39, 0.29) is 11.1 Å². The molecule has 0 aliphatic rings. The number of aromatic nitrogens is 1. The highest BCUT2D eigenvalue weighted by Crippen LogP contribution is 2.25. The van der Waals surface area contributed by atoms with Crippen molar-refractivity contribution in [2.45, 2.75) is 11.4 Å². The summed E-state index contributed by atoms with van der Waals surface area (Å²) in [7, 11) is -4.64. The fraction of sp³-hybridized carbons (Fsp3) is 0.222. The molecule has 0 fully saturated rings. The number of benzene rings is 1. The number of nitrogens with zero attached hydrogens (tertiary/aromatic N) is 1. The van der Waals surface area contributed by atoms with Crippen molar-refractivity contribution in [3.8, 4) is 0 Å². The summed E-state index contributed by atoms with van der Waals surface area (Å²) in [6.45, 7) is 0. The predicted octanol–water partition coefficient (Wildman–Crippen LogP) is 1.75. The summed E-state index contributed by atoms with van der Waals surface area (Å²) in [6.07, 6.45) is -4.85. The Morgan fingerprint density at radius 1 is 1.33 bits per heavy atom. The van der Waals surface area contributed by atoms with Crippen molar-refractivity contribution in [1.29, 1.82) is 0 Å². The van der Waals surface area contributed by atoms with Gasteiger partial charge in [0, 0.05) is 11.8 Å². The summed E-state index contributed by atoms with van der Waals surface area (Å²) >= 11 is 0. The molecule has 0 aliphatic carbocycles. The molecule has 5 nitrogen and oxygen atoms in total. The summed E-state index contributed by atoms with van der Waals surface area (Å²) in [4.78, 5) is 3.50. The van der Waals surface area contributed by atoms with Gasteiger partial charge in [0.05, 0.1) is 0 Å². The van der Waals surface area contributed by atoms with E-state index in [1.54, 1.807) is 0 Å². The van der Waals surface area contributed by atoms with Crippen molar-refractivity contribution in [1.82, 2.24) is 4.98 Å². The van der Waals surface area contributed by atoms with E-state index >= 15 is 0 Å². The van der Waals surface area contributed by atoms with E-state index in [1.165, 1.54) is 18.2 Å². The van der Waals surface area contributed by atoms with Crippen LogP contribution < -0.4 is 5.73 Å². The second-order valence-corrected chi connectivity index (χ2v) is 5.45. The average molecular weight is 280 g/mol. The first-order chi connectivity index (χ1) is 8.17. The van der Waals surface area contributed by atoms with Crippen LogP contribution in [0.4, 0.5) is 18.9 Å². The predicted molar refractivity (Wildman–Crippen MR) is 56.5 cm³/mol. The summed E-state index contributed by atoms with van der Waals surface area (Å²) in [5.74, 6) is -2.01. The van der Waals surface area contributed by atoms with Gasteiger partial charge in [0.25, 0.3) is 0 Å². The van der Waals surface area contributed by atoms with Gasteiger partial charge in [0.2, 0.25) is 9.84 Å². The van der Waals surface area contributed by atoms with Crippen LogP contribution >= 0.6 is 0 Å². The van der Waals surface area contributed by atoms with Crippen LogP contribution in [0.15, 0.2) is 27.8 Å². The highest BCUT2D eigenvalue weighted by molar-refractivity contribution is 7.91. The van der Waals surface area contributed by atoms with E-state index in [9.17, 15) is 21.6 Å². The zero-order chi connectivity index (χ0) is 13.6. The molecule has 0 unspecified atom stereocenters. The quantitative estimate of drug-likeness (QED) is 0.847. The fourth-order valence-electron chi connectivity index (χ4n) is 1.33. The SMILES string of the molecule is Nc1ccc2nc(S(=O)(=O)CC(F)(F)F)oc2c1. The molecule has 0 bridgehead atoms. The van der Waals surface area contributed by atoms with Gasteiger partial charge in [0.1, 0.15) is 5.52 Å². The summed E-state index contributed by atoms with van der Waals surface area (Å²) < 4.78 is 63.8. The van der Waals surface area contributed by atoms with Crippen LogP contribution in [0, 0.1) is 0 Å². The van der Waals surface area contributed by atoms with Gasteiger partial charge in [-0.1, -0.05) is 0 Å². The van der Waals surface area contributed by atoms with E-state index in [0.717, 1.165) is 0 Å². The number of anilines is 1.